The molecular formula is C16H21N3O. The zero-order valence-electron chi connectivity index (χ0n) is 12.1. The molecule has 0 radical (unpaired) electrons. The van der Waals surface area contributed by atoms with E-state index in [0.717, 1.165) is 43.8 Å². The number of nitrogens with one attached hydrogen (secondary N) is 1. The summed E-state index contributed by atoms with van der Waals surface area (Å²) in [5.41, 5.74) is 2.26. The highest BCUT2D eigenvalue weighted by molar-refractivity contribution is 5.54. The van der Waals surface area contributed by atoms with Gasteiger partial charge in [0.2, 0.25) is 11.7 Å². The minimum Gasteiger partial charge on any atom is -0.338 e. The fourth-order valence-electron chi connectivity index (χ4n) is 2.86. The van der Waals surface area contributed by atoms with Gasteiger partial charge in [0.1, 0.15) is 0 Å². The van der Waals surface area contributed by atoms with Gasteiger partial charge >= 0.3 is 0 Å². The van der Waals surface area contributed by atoms with Crippen molar-refractivity contribution in [2.24, 2.45) is 0 Å². The highest BCUT2D eigenvalue weighted by atomic mass is 16.5. The molecule has 1 N–H and O–H groups in total. The van der Waals surface area contributed by atoms with Gasteiger partial charge in [0, 0.05) is 12.1 Å². The van der Waals surface area contributed by atoms with E-state index in [1.54, 1.807) is 0 Å². The van der Waals surface area contributed by atoms with Gasteiger partial charge in [-0.25, -0.2) is 0 Å². The molecule has 2 aromatic rings. The second kappa shape index (κ2) is 5.37. The van der Waals surface area contributed by atoms with Crippen LogP contribution < -0.4 is 5.32 Å². The van der Waals surface area contributed by atoms with E-state index in [-0.39, 0.29) is 5.41 Å². The van der Waals surface area contributed by atoms with Crippen LogP contribution in [-0.4, -0.2) is 23.2 Å². The Morgan fingerprint density at radius 3 is 2.75 bits per heavy atom. The largest absolute Gasteiger partial charge is 0.338 e. The number of benzene rings is 1. The molecule has 1 aliphatic rings. The van der Waals surface area contributed by atoms with Crippen LogP contribution in [-0.2, 0) is 5.41 Å². The van der Waals surface area contributed by atoms with Crippen LogP contribution in [0.15, 0.2) is 28.8 Å². The Labute approximate surface area is 119 Å². The normalized spacial score (nSPS) is 22.9. The standard InChI is InChI=1S/C16H21N3O/c1-3-16(9-4-10-17-11-16)15-18-14(19-20-15)13-7-5-12(2)6-8-13/h5-8,17H,3-4,9-11H2,1-2H3. The molecule has 1 aromatic carbocycles. The number of piperidine rings is 1. The van der Waals surface area contributed by atoms with Crippen molar-refractivity contribution in [3.05, 3.63) is 35.7 Å². The Balaban J connectivity index is 1.91. The molecule has 4 nitrogen and oxygen atoms in total. The summed E-state index contributed by atoms with van der Waals surface area (Å²) in [5, 5.41) is 7.62. The molecule has 2 heterocycles. The van der Waals surface area contributed by atoms with Crippen LogP contribution in [0.1, 0.15) is 37.6 Å². The van der Waals surface area contributed by atoms with Crippen LogP contribution in [0.5, 0.6) is 0 Å². The molecule has 0 saturated carbocycles. The zero-order chi connectivity index (χ0) is 14.0. The van der Waals surface area contributed by atoms with Crippen LogP contribution >= 0.6 is 0 Å². The molecule has 0 spiro atoms. The van der Waals surface area contributed by atoms with E-state index in [0.29, 0.717) is 5.82 Å². The van der Waals surface area contributed by atoms with Crippen molar-refractivity contribution in [2.75, 3.05) is 13.1 Å². The third kappa shape index (κ3) is 2.36. The molecule has 3 rings (SSSR count). The van der Waals surface area contributed by atoms with Crippen LogP contribution in [0.3, 0.4) is 0 Å². The first-order valence-electron chi connectivity index (χ1n) is 7.35. The number of rotatable bonds is 3. The minimum absolute atomic E-state index is 0.00813. The summed E-state index contributed by atoms with van der Waals surface area (Å²) in [6.45, 7) is 6.29. The molecule has 106 valence electrons. The van der Waals surface area contributed by atoms with Gasteiger partial charge in [0.15, 0.2) is 0 Å². The molecule has 0 amide bonds. The average molecular weight is 271 g/mol. The van der Waals surface area contributed by atoms with E-state index >= 15 is 0 Å². The van der Waals surface area contributed by atoms with E-state index in [9.17, 15) is 0 Å². The van der Waals surface area contributed by atoms with Crippen molar-refractivity contribution in [1.82, 2.24) is 15.5 Å². The summed E-state index contributed by atoms with van der Waals surface area (Å²) in [7, 11) is 0. The van der Waals surface area contributed by atoms with Crippen molar-refractivity contribution in [1.29, 1.82) is 0 Å². The van der Waals surface area contributed by atoms with E-state index in [4.69, 9.17) is 4.52 Å². The number of aryl methyl sites for hydroxylation is 1. The summed E-state index contributed by atoms with van der Waals surface area (Å²) in [5.74, 6) is 1.47. The first-order chi connectivity index (χ1) is 9.73. The summed E-state index contributed by atoms with van der Waals surface area (Å²) >= 11 is 0. The minimum atomic E-state index is 0.00813. The summed E-state index contributed by atoms with van der Waals surface area (Å²) in [6.07, 6.45) is 3.30. The second-order valence-electron chi connectivity index (χ2n) is 5.70. The van der Waals surface area contributed by atoms with E-state index in [1.165, 1.54) is 5.56 Å². The Morgan fingerprint density at radius 2 is 2.10 bits per heavy atom. The molecule has 1 aliphatic heterocycles. The van der Waals surface area contributed by atoms with E-state index in [2.05, 4.69) is 41.4 Å². The zero-order valence-corrected chi connectivity index (χ0v) is 12.1. The summed E-state index contributed by atoms with van der Waals surface area (Å²) in [6, 6.07) is 8.23. The molecule has 0 bridgehead atoms. The van der Waals surface area contributed by atoms with Crippen LogP contribution in [0.4, 0.5) is 0 Å². The molecular weight excluding hydrogens is 250 g/mol. The molecule has 1 saturated heterocycles. The predicted octanol–water partition coefficient (Wildman–Crippen LogP) is 3.08. The first-order valence-corrected chi connectivity index (χ1v) is 7.35. The molecule has 20 heavy (non-hydrogen) atoms. The maximum absolute atomic E-state index is 5.58. The number of nitrogens with zero attached hydrogens (tertiary/aromatic N) is 2. The third-order valence-electron chi connectivity index (χ3n) is 4.34. The van der Waals surface area contributed by atoms with Gasteiger partial charge in [-0.2, -0.15) is 4.98 Å². The third-order valence-corrected chi connectivity index (χ3v) is 4.34. The Kier molecular flexibility index (Phi) is 3.57. The van der Waals surface area contributed by atoms with Gasteiger partial charge in [-0.15, -0.1) is 0 Å². The fourth-order valence-corrected chi connectivity index (χ4v) is 2.86. The quantitative estimate of drug-likeness (QED) is 0.932. The Bertz CT molecular complexity index is 568. The van der Waals surface area contributed by atoms with Gasteiger partial charge in [-0.1, -0.05) is 41.9 Å². The second-order valence-corrected chi connectivity index (χ2v) is 5.70. The van der Waals surface area contributed by atoms with Crippen molar-refractivity contribution in [3.8, 4) is 11.4 Å². The van der Waals surface area contributed by atoms with Crippen LogP contribution in [0, 0.1) is 6.92 Å². The molecule has 0 aliphatic carbocycles. The SMILES string of the molecule is CCC1(c2nc(-c3ccc(C)cc3)no2)CCCNC1. The lowest BCUT2D eigenvalue weighted by Crippen LogP contribution is -2.43. The van der Waals surface area contributed by atoms with Crippen molar-refractivity contribution >= 4 is 0 Å². The first kappa shape index (κ1) is 13.3. The topological polar surface area (TPSA) is 51.0 Å². The maximum atomic E-state index is 5.58. The summed E-state index contributed by atoms with van der Waals surface area (Å²) in [4.78, 5) is 4.66. The number of aromatic nitrogens is 2. The van der Waals surface area contributed by atoms with Gasteiger partial charge < -0.3 is 9.84 Å². The lowest BCUT2D eigenvalue weighted by Gasteiger charge is -2.33. The van der Waals surface area contributed by atoms with Gasteiger partial charge in [-0.3, -0.25) is 0 Å². The van der Waals surface area contributed by atoms with E-state index < -0.39 is 0 Å². The van der Waals surface area contributed by atoms with Crippen LogP contribution in [0.2, 0.25) is 0 Å². The van der Waals surface area contributed by atoms with Gasteiger partial charge in [0.05, 0.1) is 5.41 Å². The highest BCUT2D eigenvalue weighted by Gasteiger charge is 2.37. The molecule has 1 aromatic heterocycles. The van der Waals surface area contributed by atoms with Crippen molar-refractivity contribution < 1.29 is 4.52 Å². The van der Waals surface area contributed by atoms with Crippen LogP contribution in [0.25, 0.3) is 11.4 Å². The smallest absolute Gasteiger partial charge is 0.234 e. The Morgan fingerprint density at radius 1 is 1.30 bits per heavy atom. The Hall–Kier alpha value is -1.68. The molecule has 4 heteroatoms. The van der Waals surface area contributed by atoms with Gasteiger partial charge in [0.25, 0.3) is 0 Å². The van der Waals surface area contributed by atoms with Gasteiger partial charge in [-0.05, 0) is 32.7 Å². The predicted molar refractivity (Wildman–Crippen MR) is 78.5 cm³/mol. The molecule has 1 atom stereocenters. The lowest BCUT2D eigenvalue weighted by atomic mass is 9.78. The van der Waals surface area contributed by atoms with Crippen molar-refractivity contribution in [3.63, 3.8) is 0 Å². The van der Waals surface area contributed by atoms with E-state index in [1.807, 2.05) is 12.1 Å². The fraction of sp³-hybridized carbons (Fsp3) is 0.500. The highest BCUT2D eigenvalue weighted by Crippen LogP contribution is 2.34. The molecule has 1 fully saturated rings. The van der Waals surface area contributed by atoms with Crippen molar-refractivity contribution in [2.45, 2.75) is 38.5 Å². The number of hydrogen-bond acceptors (Lipinski definition) is 4. The average Bonchev–Trinajstić information content (AvgIpc) is 2.99. The monoisotopic (exact) mass is 271 g/mol. The molecule has 1 unspecified atom stereocenters. The lowest BCUT2D eigenvalue weighted by molar-refractivity contribution is 0.221. The number of hydrogen-bond donors (Lipinski definition) is 1. The summed E-state index contributed by atoms with van der Waals surface area (Å²) < 4.78 is 5.58. The maximum Gasteiger partial charge on any atom is 0.234 e.